The van der Waals surface area contributed by atoms with Gasteiger partial charge in [-0.25, -0.2) is 0 Å². The van der Waals surface area contributed by atoms with Crippen LogP contribution in [0.15, 0.2) is 48.8 Å². The smallest absolute Gasteiger partial charge is 0.323 e. The minimum Gasteiger partial charge on any atom is -0.465 e. The van der Waals surface area contributed by atoms with Crippen molar-refractivity contribution in [3.8, 4) is 5.69 Å². The summed E-state index contributed by atoms with van der Waals surface area (Å²) in [6.07, 6.45) is 5.28. The Morgan fingerprint density at radius 2 is 1.90 bits per heavy atom. The molecule has 0 aliphatic heterocycles. The Labute approximate surface area is 119 Å². The summed E-state index contributed by atoms with van der Waals surface area (Å²) in [5.74, 6) is -0.332. The van der Waals surface area contributed by atoms with E-state index in [2.05, 4.69) is 0 Å². The average Bonchev–Trinajstić information content (AvgIpc) is 2.99. The van der Waals surface area contributed by atoms with Crippen molar-refractivity contribution in [3.05, 3.63) is 54.4 Å². The molecule has 0 radical (unpaired) electrons. The molecule has 0 amide bonds. The van der Waals surface area contributed by atoms with Crippen LogP contribution in [0.25, 0.3) is 5.69 Å². The van der Waals surface area contributed by atoms with Gasteiger partial charge in [-0.15, -0.1) is 0 Å². The summed E-state index contributed by atoms with van der Waals surface area (Å²) >= 11 is 0. The van der Waals surface area contributed by atoms with E-state index in [0.717, 1.165) is 17.7 Å². The van der Waals surface area contributed by atoms with E-state index in [0.29, 0.717) is 13.0 Å². The zero-order valence-corrected chi connectivity index (χ0v) is 11.7. The van der Waals surface area contributed by atoms with Crippen LogP contribution in [0.3, 0.4) is 0 Å². The van der Waals surface area contributed by atoms with Crippen molar-refractivity contribution in [2.45, 2.75) is 25.8 Å². The number of aromatic nitrogens is 1. The van der Waals surface area contributed by atoms with E-state index >= 15 is 0 Å². The number of nitrogens with two attached hydrogens (primary N) is 1. The number of carbonyl (C=O) groups excluding carboxylic acids is 1. The maximum atomic E-state index is 11.6. The lowest BCUT2D eigenvalue weighted by Crippen LogP contribution is -2.34. The van der Waals surface area contributed by atoms with Crippen LogP contribution in [-0.4, -0.2) is 23.2 Å². The van der Waals surface area contributed by atoms with E-state index in [1.54, 1.807) is 0 Å². The first-order chi connectivity index (χ1) is 9.70. The molecule has 1 heterocycles. The fourth-order valence-corrected chi connectivity index (χ4v) is 1.96. The van der Waals surface area contributed by atoms with Gasteiger partial charge in [-0.2, -0.15) is 0 Å². The fourth-order valence-electron chi connectivity index (χ4n) is 1.96. The first kappa shape index (κ1) is 14.3. The van der Waals surface area contributed by atoms with Crippen molar-refractivity contribution >= 4 is 5.97 Å². The summed E-state index contributed by atoms with van der Waals surface area (Å²) in [6.45, 7) is 2.39. The van der Waals surface area contributed by atoms with Gasteiger partial charge in [0.15, 0.2) is 0 Å². The molecule has 0 unspecified atom stereocenters. The van der Waals surface area contributed by atoms with E-state index in [1.165, 1.54) is 0 Å². The Balaban J connectivity index is 1.95. The lowest BCUT2D eigenvalue weighted by molar-refractivity contribution is -0.145. The molecule has 4 heteroatoms. The minimum atomic E-state index is -0.598. The molecule has 1 aromatic heterocycles. The summed E-state index contributed by atoms with van der Waals surface area (Å²) in [5, 5.41) is 0. The summed E-state index contributed by atoms with van der Waals surface area (Å²) in [7, 11) is 0. The Bertz CT molecular complexity index is 532. The van der Waals surface area contributed by atoms with Crippen molar-refractivity contribution in [1.29, 1.82) is 0 Å². The second-order valence-electron chi connectivity index (χ2n) is 4.73. The Morgan fingerprint density at radius 1 is 1.25 bits per heavy atom. The van der Waals surface area contributed by atoms with E-state index in [1.807, 2.05) is 60.3 Å². The van der Waals surface area contributed by atoms with Crippen molar-refractivity contribution < 1.29 is 9.53 Å². The quantitative estimate of drug-likeness (QED) is 0.821. The highest BCUT2D eigenvalue weighted by Gasteiger charge is 2.15. The predicted molar refractivity (Wildman–Crippen MR) is 78.7 cm³/mol. The molecule has 1 atom stereocenters. The van der Waals surface area contributed by atoms with Crippen molar-refractivity contribution in [2.75, 3.05) is 6.61 Å². The van der Waals surface area contributed by atoms with E-state index in [9.17, 15) is 4.79 Å². The van der Waals surface area contributed by atoms with Gasteiger partial charge in [0.1, 0.15) is 6.04 Å². The highest BCUT2D eigenvalue weighted by Crippen LogP contribution is 2.11. The third-order valence-electron chi connectivity index (χ3n) is 3.05. The van der Waals surface area contributed by atoms with E-state index < -0.39 is 6.04 Å². The molecule has 20 heavy (non-hydrogen) atoms. The maximum absolute atomic E-state index is 11.6. The van der Waals surface area contributed by atoms with Gasteiger partial charge in [0.2, 0.25) is 0 Å². The monoisotopic (exact) mass is 272 g/mol. The number of rotatable bonds is 6. The van der Waals surface area contributed by atoms with Gasteiger partial charge >= 0.3 is 5.97 Å². The molecule has 0 spiro atoms. The molecule has 2 rings (SSSR count). The fraction of sp³-hybridized carbons (Fsp3) is 0.312. The lowest BCUT2D eigenvalue weighted by atomic mass is 10.1. The maximum Gasteiger partial charge on any atom is 0.323 e. The Kier molecular flexibility index (Phi) is 4.96. The largest absolute Gasteiger partial charge is 0.465 e. The van der Waals surface area contributed by atoms with Crippen LogP contribution in [0.5, 0.6) is 0 Å². The van der Waals surface area contributed by atoms with Crippen LogP contribution in [0.2, 0.25) is 0 Å². The van der Waals surface area contributed by atoms with Crippen molar-refractivity contribution in [1.82, 2.24) is 4.57 Å². The second kappa shape index (κ2) is 6.91. The van der Waals surface area contributed by atoms with Gasteiger partial charge in [-0.1, -0.05) is 19.1 Å². The number of hydrogen-bond donors (Lipinski definition) is 1. The van der Waals surface area contributed by atoms with E-state index in [4.69, 9.17) is 10.5 Å². The Hall–Kier alpha value is -2.07. The SMILES string of the molecule is CCCOC(=O)[C@@H](N)Cc1ccc(-n2cccc2)cc1. The summed E-state index contributed by atoms with van der Waals surface area (Å²) in [4.78, 5) is 11.6. The zero-order valence-electron chi connectivity index (χ0n) is 11.7. The lowest BCUT2D eigenvalue weighted by Gasteiger charge is -2.11. The van der Waals surface area contributed by atoms with Gasteiger partial charge in [0, 0.05) is 18.1 Å². The summed E-state index contributed by atoms with van der Waals surface area (Å²) < 4.78 is 7.07. The molecule has 0 aliphatic rings. The van der Waals surface area contributed by atoms with E-state index in [-0.39, 0.29) is 5.97 Å². The Morgan fingerprint density at radius 3 is 2.50 bits per heavy atom. The molecule has 2 aromatic rings. The van der Waals surface area contributed by atoms with Gasteiger partial charge in [-0.3, -0.25) is 4.79 Å². The van der Waals surface area contributed by atoms with Crippen LogP contribution in [0, 0.1) is 0 Å². The third-order valence-corrected chi connectivity index (χ3v) is 3.05. The zero-order chi connectivity index (χ0) is 14.4. The number of hydrogen-bond acceptors (Lipinski definition) is 3. The topological polar surface area (TPSA) is 57.2 Å². The molecule has 0 saturated heterocycles. The minimum absolute atomic E-state index is 0.332. The normalized spacial score (nSPS) is 12.1. The van der Waals surface area contributed by atoms with Crippen molar-refractivity contribution in [3.63, 3.8) is 0 Å². The summed E-state index contributed by atoms with van der Waals surface area (Å²) in [6, 6.07) is 11.4. The average molecular weight is 272 g/mol. The third kappa shape index (κ3) is 3.71. The number of ether oxygens (including phenoxy) is 1. The highest BCUT2D eigenvalue weighted by molar-refractivity contribution is 5.75. The molecule has 0 saturated carbocycles. The molecular weight excluding hydrogens is 252 g/mol. The molecular formula is C16H20N2O2. The molecule has 0 fully saturated rings. The second-order valence-corrected chi connectivity index (χ2v) is 4.73. The van der Waals surface area contributed by atoms with Crippen LogP contribution in [-0.2, 0) is 16.0 Å². The van der Waals surface area contributed by atoms with Gasteiger partial charge in [0.05, 0.1) is 6.61 Å². The summed E-state index contributed by atoms with van der Waals surface area (Å²) in [5.41, 5.74) is 7.96. The molecule has 4 nitrogen and oxygen atoms in total. The molecule has 2 N–H and O–H groups in total. The first-order valence-corrected chi connectivity index (χ1v) is 6.85. The van der Waals surface area contributed by atoms with Crippen LogP contribution in [0.1, 0.15) is 18.9 Å². The van der Waals surface area contributed by atoms with Gasteiger partial charge < -0.3 is 15.0 Å². The van der Waals surface area contributed by atoms with Crippen LogP contribution < -0.4 is 5.73 Å². The van der Waals surface area contributed by atoms with Gasteiger partial charge in [-0.05, 0) is 42.7 Å². The number of nitrogens with zero attached hydrogens (tertiary/aromatic N) is 1. The number of benzene rings is 1. The number of esters is 1. The van der Waals surface area contributed by atoms with Crippen LogP contribution in [0.4, 0.5) is 0 Å². The first-order valence-electron chi connectivity index (χ1n) is 6.85. The van der Waals surface area contributed by atoms with Crippen molar-refractivity contribution in [2.24, 2.45) is 5.73 Å². The van der Waals surface area contributed by atoms with Gasteiger partial charge in [0.25, 0.3) is 0 Å². The van der Waals surface area contributed by atoms with Crippen LogP contribution >= 0.6 is 0 Å². The molecule has 1 aromatic carbocycles. The molecule has 0 aliphatic carbocycles. The highest BCUT2D eigenvalue weighted by atomic mass is 16.5. The molecule has 0 bridgehead atoms. The molecule has 106 valence electrons. The predicted octanol–water partition coefficient (Wildman–Crippen LogP) is 2.30. The number of carbonyl (C=O) groups is 1. The standard InChI is InChI=1S/C16H20N2O2/c1-2-11-20-16(19)15(17)12-13-5-7-14(8-6-13)18-9-3-4-10-18/h3-10,15H,2,11-12,17H2,1H3/t15-/m0/s1.